The minimum atomic E-state index is -3.77. The number of aromatic nitrogens is 2. The molecule has 15 heteroatoms. The second-order valence-electron chi connectivity index (χ2n) is 9.27. The van der Waals surface area contributed by atoms with Crippen LogP contribution >= 0.6 is 7.60 Å². The van der Waals surface area contributed by atoms with Crippen molar-refractivity contribution in [2.75, 3.05) is 43.2 Å². The molecule has 0 saturated carbocycles. The Hall–Kier alpha value is -3.00. The van der Waals surface area contributed by atoms with Gasteiger partial charge in [-0.15, -0.1) is 0 Å². The van der Waals surface area contributed by atoms with E-state index >= 15 is 0 Å². The molecule has 1 fully saturated rings. The Balaban J connectivity index is 1.31. The third-order valence-electron chi connectivity index (χ3n) is 6.20. The molecule has 0 spiro atoms. The predicted molar refractivity (Wildman–Crippen MR) is 152 cm³/mol. The van der Waals surface area contributed by atoms with Gasteiger partial charge < -0.3 is 19.7 Å². The van der Waals surface area contributed by atoms with Gasteiger partial charge in [0, 0.05) is 42.8 Å². The lowest BCUT2D eigenvalue weighted by Crippen LogP contribution is -2.44. The summed E-state index contributed by atoms with van der Waals surface area (Å²) in [6.45, 7) is 5.23. The van der Waals surface area contributed by atoms with E-state index in [0.717, 1.165) is 12.1 Å². The average molecular weight is 611 g/mol. The molecule has 3 N–H and O–H groups in total. The fourth-order valence-electron chi connectivity index (χ4n) is 4.29. The molecule has 0 atom stereocenters. The van der Waals surface area contributed by atoms with Gasteiger partial charge in [0.1, 0.15) is 12.1 Å². The molecule has 0 amide bonds. The van der Waals surface area contributed by atoms with Crippen LogP contribution in [0, 0.1) is 11.6 Å². The molecule has 0 radical (unpaired) electrons. The Labute approximate surface area is 238 Å². The first-order valence-electron chi connectivity index (χ1n) is 13.1. The summed E-state index contributed by atoms with van der Waals surface area (Å²) in [6, 6.07) is 10.9. The molecule has 11 nitrogen and oxygen atoms in total. The summed E-state index contributed by atoms with van der Waals surface area (Å²) in [7, 11) is -6.97. The van der Waals surface area contributed by atoms with Gasteiger partial charge in [0.15, 0.2) is 11.6 Å². The zero-order valence-electron chi connectivity index (χ0n) is 22.7. The maximum absolute atomic E-state index is 13.5. The van der Waals surface area contributed by atoms with Crippen molar-refractivity contribution < 1.29 is 30.8 Å². The van der Waals surface area contributed by atoms with Crippen molar-refractivity contribution >= 4 is 40.8 Å². The van der Waals surface area contributed by atoms with Crippen LogP contribution in [0.25, 0.3) is 0 Å². The Morgan fingerprint density at radius 2 is 1.61 bits per heavy atom. The second-order valence-corrected chi connectivity index (χ2v) is 13.0. The number of piperidine rings is 1. The normalized spacial score (nSPS) is 15.1. The predicted octanol–water partition coefficient (Wildman–Crippen LogP) is 5.21. The number of rotatable bonds is 13. The Morgan fingerprint density at radius 1 is 0.951 bits per heavy atom. The summed E-state index contributed by atoms with van der Waals surface area (Å²) in [5.41, 5.74) is 0.868. The third-order valence-corrected chi connectivity index (χ3v) is 9.79. The van der Waals surface area contributed by atoms with Gasteiger partial charge in [-0.2, -0.15) is 4.98 Å². The Kier molecular flexibility index (Phi) is 10.4. The SMILES string of the molecule is CCOP(=O)(CN1CCC(NS(=O)(=O)c2ccc(Nc3nccc(Nc4ccc(F)c(F)c4)n3)cc2)CC1)OCC. The second kappa shape index (κ2) is 13.8. The Bertz CT molecular complexity index is 1460. The van der Waals surface area contributed by atoms with E-state index in [2.05, 4.69) is 25.3 Å². The van der Waals surface area contributed by atoms with Crippen molar-refractivity contribution in [3.05, 3.63) is 66.4 Å². The molecule has 41 heavy (non-hydrogen) atoms. The van der Waals surface area contributed by atoms with Crippen LogP contribution in [0.3, 0.4) is 0 Å². The number of nitrogens with one attached hydrogen (secondary N) is 3. The molecule has 4 rings (SSSR count). The minimum absolute atomic E-state index is 0.109. The van der Waals surface area contributed by atoms with E-state index in [1.54, 1.807) is 32.0 Å². The molecular formula is C26H33F2N6O5PS. The smallest absolute Gasteiger partial charge is 0.340 e. The molecule has 1 aromatic heterocycles. The van der Waals surface area contributed by atoms with E-state index in [0.29, 0.717) is 43.1 Å². The molecule has 1 saturated heterocycles. The van der Waals surface area contributed by atoms with Gasteiger partial charge in [-0.25, -0.2) is 26.9 Å². The number of sulfonamides is 1. The standard InChI is InChI=1S/C26H33F2N6O5PS/c1-3-38-40(35,39-4-2)18-34-15-12-20(13-16-34)33-41(36,37)22-8-5-19(6-9-22)31-26-29-14-11-25(32-26)30-21-7-10-23(27)24(28)17-21/h5-11,14,17,20,33H,3-4,12-13,15-16,18H2,1-2H3,(H2,29,30,31,32). The summed E-state index contributed by atoms with van der Waals surface area (Å²) in [6.07, 6.45) is 2.78. The highest BCUT2D eigenvalue weighted by Crippen LogP contribution is 2.48. The average Bonchev–Trinajstić information content (AvgIpc) is 2.92. The lowest BCUT2D eigenvalue weighted by atomic mass is 10.1. The van der Waals surface area contributed by atoms with Crippen LogP contribution in [-0.2, 0) is 23.6 Å². The maximum atomic E-state index is 13.5. The van der Waals surface area contributed by atoms with Crippen LogP contribution in [-0.4, -0.2) is 61.9 Å². The van der Waals surface area contributed by atoms with Crippen LogP contribution in [0.2, 0.25) is 0 Å². The van der Waals surface area contributed by atoms with Crippen LogP contribution in [0.5, 0.6) is 0 Å². The van der Waals surface area contributed by atoms with Crippen molar-refractivity contribution in [1.29, 1.82) is 0 Å². The molecule has 0 aliphatic carbocycles. The first kappa shape index (κ1) is 30.9. The van der Waals surface area contributed by atoms with E-state index in [9.17, 15) is 21.8 Å². The lowest BCUT2D eigenvalue weighted by molar-refractivity contribution is 0.178. The number of likely N-dealkylation sites (tertiary alicyclic amines) is 1. The number of nitrogens with zero attached hydrogens (tertiary/aromatic N) is 3. The highest BCUT2D eigenvalue weighted by molar-refractivity contribution is 7.89. The Morgan fingerprint density at radius 3 is 2.24 bits per heavy atom. The molecule has 0 bridgehead atoms. The highest BCUT2D eigenvalue weighted by atomic mass is 32.2. The maximum Gasteiger partial charge on any atom is 0.344 e. The first-order chi connectivity index (χ1) is 19.6. The molecule has 0 unspecified atom stereocenters. The van der Waals surface area contributed by atoms with E-state index < -0.39 is 29.3 Å². The van der Waals surface area contributed by atoms with Gasteiger partial charge in [-0.1, -0.05) is 0 Å². The van der Waals surface area contributed by atoms with Crippen LogP contribution in [0.4, 0.5) is 31.9 Å². The molecule has 3 aromatic rings. The van der Waals surface area contributed by atoms with Crippen molar-refractivity contribution in [3.8, 4) is 0 Å². The summed E-state index contributed by atoms with van der Waals surface area (Å²) >= 11 is 0. The molecule has 222 valence electrons. The molecule has 2 heterocycles. The number of anilines is 4. The minimum Gasteiger partial charge on any atom is -0.340 e. The fraction of sp³-hybridized carbons (Fsp3) is 0.385. The van der Waals surface area contributed by atoms with E-state index in [4.69, 9.17) is 9.05 Å². The van der Waals surface area contributed by atoms with Crippen molar-refractivity contribution in [3.63, 3.8) is 0 Å². The van der Waals surface area contributed by atoms with Gasteiger partial charge >= 0.3 is 7.60 Å². The number of hydrogen-bond acceptors (Lipinski definition) is 10. The molecular weight excluding hydrogens is 577 g/mol. The zero-order chi connectivity index (χ0) is 29.5. The molecule has 1 aliphatic rings. The highest BCUT2D eigenvalue weighted by Gasteiger charge is 2.31. The zero-order valence-corrected chi connectivity index (χ0v) is 24.4. The lowest BCUT2D eigenvalue weighted by Gasteiger charge is -2.33. The fourth-order valence-corrected chi connectivity index (χ4v) is 7.40. The van der Waals surface area contributed by atoms with Crippen LogP contribution < -0.4 is 15.4 Å². The van der Waals surface area contributed by atoms with Crippen molar-refractivity contribution in [1.82, 2.24) is 19.6 Å². The van der Waals surface area contributed by atoms with Crippen LogP contribution in [0.15, 0.2) is 59.6 Å². The van der Waals surface area contributed by atoms with Gasteiger partial charge in [0.05, 0.1) is 18.1 Å². The third kappa shape index (κ3) is 8.74. The quantitative estimate of drug-likeness (QED) is 0.222. The first-order valence-corrected chi connectivity index (χ1v) is 16.4. The van der Waals surface area contributed by atoms with Gasteiger partial charge in [0.2, 0.25) is 16.0 Å². The van der Waals surface area contributed by atoms with E-state index in [1.807, 2.05) is 4.90 Å². The van der Waals surface area contributed by atoms with Gasteiger partial charge in [-0.3, -0.25) is 9.46 Å². The van der Waals surface area contributed by atoms with E-state index in [1.165, 1.54) is 24.4 Å². The number of hydrogen-bond donors (Lipinski definition) is 3. The largest absolute Gasteiger partial charge is 0.344 e. The van der Waals surface area contributed by atoms with Crippen molar-refractivity contribution in [2.45, 2.75) is 37.6 Å². The number of halogens is 2. The molecule has 2 aromatic carbocycles. The summed E-state index contributed by atoms with van der Waals surface area (Å²) in [5.74, 6) is -1.36. The number of benzene rings is 2. The summed E-state index contributed by atoms with van der Waals surface area (Å²) in [5, 5.41) is 5.87. The summed E-state index contributed by atoms with van der Waals surface area (Å²) < 4.78 is 78.9. The van der Waals surface area contributed by atoms with Gasteiger partial charge in [0.25, 0.3) is 0 Å². The van der Waals surface area contributed by atoms with Gasteiger partial charge in [-0.05, 0) is 69.2 Å². The van der Waals surface area contributed by atoms with Crippen molar-refractivity contribution in [2.24, 2.45) is 0 Å². The topological polar surface area (TPSA) is 135 Å². The van der Waals surface area contributed by atoms with E-state index in [-0.39, 0.29) is 36.4 Å². The summed E-state index contributed by atoms with van der Waals surface area (Å²) in [4.78, 5) is 10.5. The molecule has 1 aliphatic heterocycles. The van der Waals surface area contributed by atoms with Crippen LogP contribution in [0.1, 0.15) is 26.7 Å². The monoisotopic (exact) mass is 610 g/mol.